The van der Waals surface area contributed by atoms with Gasteiger partial charge in [-0.3, -0.25) is 0 Å². The van der Waals surface area contributed by atoms with Crippen molar-refractivity contribution in [1.82, 2.24) is 14.9 Å². The molecule has 0 atom stereocenters. The molecule has 0 fully saturated rings. The van der Waals surface area contributed by atoms with E-state index in [0.717, 1.165) is 30.5 Å². The molecule has 22 heavy (non-hydrogen) atoms. The largest absolute Gasteiger partial charge is 0.497 e. The summed E-state index contributed by atoms with van der Waals surface area (Å²) in [5.41, 5.74) is 1.17. The molecule has 1 aromatic heterocycles. The van der Waals surface area contributed by atoms with Gasteiger partial charge in [-0.15, -0.1) is 0 Å². The first-order valence-electron chi connectivity index (χ1n) is 7.25. The van der Waals surface area contributed by atoms with Gasteiger partial charge in [0, 0.05) is 25.7 Å². The van der Waals surface area contributed by atoms with Gasteiger partial charge in [0.05, 0.1) is 7.11 Å². The van der Waals surface area contributed by atoms with E-state index < -0.39 is 0 Å². The fourth-order valence-electron chi connectivity index (χ4n) is 1.89. The molecule has 0 bridgehead atoms. The highest BCUT2D eigenvalue weighted by atomic mass is 16.5. The number of rotatable bonds is 8. The van der Waals surface area contributed by atoms with Gasteiger partial charge in [-0.1, -0.05) is 12.1 Å². The number of benzene rings is 1. The van der Waals surface area contributed by atoms with Crippen LogP contribution in [0.1, 0.15) is 5.56 Å². The number of nitrogens with zero attached hydrogens (tertiary/aromatic N) is 3. The third-order valence-electron chi connectivity index (χ3n) is 3.16. The van der Waals surface area contributed by atoms with Gasteiger partial charge < -0.3 is 20.3 Å². The Morgan fingerprint density at radius 1 is 1.05 bits per heavy atom. The summed E-state index contributed by atoms with van der Waals surface area (Å²) in [7, 11) is 5.76. The molecular formula is C16H23N5O. The molecule has 0 saturated heterocycles. The van der Waals surface area contributed by atoms with E-state index in [9.17, 15) is 0 Å². The molecule has 0 saturated carbocycles. The monoisotopic (exact) mass is 301 g/mol. The Morgan fingerprint density at radius 3 is 2.36 bits per heavy atom. The molecule has 0 aliphatic rings. The number of likely N-dealkylation sites (N-methyl/N-ethyl adjacent to an activating group) is 1. The van der Waals surface area contributed by atoms with E-state index in [-0.39, 0.29) is 0 Å². The summed E-state index contributed by atoms with van der Waals surface area (Å²) in [6, 6.07) is 9.88. The molecule has 1 aromatic carbocycles. The summed E-state index contributed by atoms with van der Waals surface area (Å²) in [6.45, 7) is 2.51. The number of nitrogens with one attached hydrogen (secondary N) is 2. The molecule has 118 valence electrons. The first-order chi connectivity index (χ1) is 10.7. The second-order valence-corrected chi connectivity index (χ2v) is 5.22. The van der Waals surface area contributed by atoms with Crippen LogP contribution in [-0.4, -0.2) is 49.2 Å². The van der Waals surface area contributed by atoms with Crippen LogP contribution in [0.5, 0.6) is 5.75 Å². The fourth-order valence-corrected chi connectivity index (χ4v) is 1.89. The van der Waals surface area contributed by atoms with Crippen molar-refractivity contribution in [3.63, 3.8) is 0 Å². The van der Waals surface area contributed by atoms with Gasteiger partial charge >= 0.3 is 0 Å². The molecule has 2 N–H and O–H groups in total. The normalized spacial score (nSPS) is 10.5. The van der Waals surface area contributed by atoms with E-state index in [1.165, 1.54) is 5.56 Å². The zero-order valence-corrected chi connectivity index (χ0v) is 13.3. The molecule has 0 amide bonds. The maximum Gasteiger partial charge on any atom is 0.131 e. The Hall–Kier alpha value is -2.34. The number of aromatic nitrogens is 2. The predicted molar refractivity (Wildman–Crippen MR) is 89.4 cm³/mol. The lowest BCUT2D eigenvalue weighted by molar-refractivity contribution is 0.414. The standard InChI is InChI=1S/C16H23N5O/c1-21(2)9-8-17-15-10-16(20-12-19-15)18-11-13-4-6-14(22-3)7-5-13/h4-7,10,12H,8-9,11H2,1-3H3,(H2,17,18,19,20). The van der Waals surface area contributed by atoms with Crippen LogP contribution < -0.4 is 15.4 Å². The molecule has 2 rings (SSSR count). The number of ether oxygens (including phenoxy) is 1. The lowest BCUT2D eigenvalue weighted by Crippen LogP contribution is -2.21. The second kappa shape index (κ2) is 8.19. The van der Waals surface area contributed by atoms with Crippen molar-refractivity contribution in [1.29, 1.82) is 0 Å². The first-order valence-corrected chi connectivity index (χ1v) is 7.25. The van der Waals surface area contributed by atoms with Crippen LogP contribution in [0.2, 0.25) is 0 Å². The van der Waals surface area contributed by atoms with Gasteiger partial charge in [0.1, 0.15) is 23.7 Å². The lowest BCUT2D eigenvalue weighted by atomic mass is 10.2. The minimum Gasteiger partial charge on any atom is -0.497 e. The number of anilines is 2. The van der Waals surface area contributed by atoms with E-state index in [1.807, 2.05) is 44.4 Å². The van der Waals surface area contributed by atoms with Crippen LogP contribution in [0.3, 0.4) is 0 Å². The van der Waals surface area contributed by atoms with Gasteiger partial charge in [0.15, 0.2) is 0 Å². The highest BCUT2D eigenvalue weighted by Crippen LogP contribution is 2.13. The number of hydrogen-bond donors (Lipinski definition) is 2. The topological polar surface area (TPSA) is 62.3 Å². The van der Waals surface area contributed by atoms with Crippen molar-refractivity contribution in [3.8, 4) is 5.75 Å². The maximum absolute atomic E-state index is 5.15. The lowest BCUT2D eigenvalue weighted by Gasteiger charge is -2.11. The molecule has 0 radical (unpaired) electrons. The molecular weight excluding hydrogens is 278 g/mol. The summed E-state index contributed by atoms with van der Waals surface area (Å²) >= 11 is 0. The van der Waals surface area contributed by atoms with Crippen molar-refractivity contribution >= 4 is 11.6 Å². The van der Waals surface area contributed by atoms with Crippen molar-refractivity contribution in [2.45, 2.75) is 6.54 Å². The zero-order chi connectivity index (χ0) is 15.8. The average molecular weight is 301 g/mol. The van der Waals surface area contributed by atoms with E-state index in [4.69, 9.17) is 4.74 Å². The second-order valence-electron chi connectivity index (χ2n) is 5.22. The van der Waals surface area contributed by atoms with Crippen LogP contribution in [0, 0.1) is 0 Å². The molecule has 0 aliphatic carbocycles. The SMILES string of the molecule is COc1ccc(CNc2cc(NCCN(C)C)ncn2)cc1. The van der Waals surface area contributed by atoms with E-state index in [2.05, 4.69) is 25.5 Å². The van der Waals surface area contributed by atoms with Crippen LogP contribution in [0.4, 0.5) is 11.6 Å². The Balaban J connectivity index is 1.86. The van der Waals surface area contributed by atoms with Crippen LogP contribution in [0.25, 0.3) is 0 Å². The predicted octanol–water partition coefficient (Wildman–Crippen LogP) is 2.07. The van der Waals surface area contributed by atoms with Gasteiger partial charge in [0.25, 0.3) is 0 Å². The van der Waals surface area contributed by atoms with Crippen LogP contribution >= 0.6 is 0 Å². The minimum absolute atomic E-state index is 0.706. The van der Waals surface area contributed by atoms with Crippen LogP contribution in [0.15, 0.2) is 36.7 Å². The highest BCUT2D eigenvalue weighted by Gasteiger charge is 2.00. The van der Waals surface area contributed by atoms with Gasteiger partial charge in [-0.05, 0) is 31.8 Å². The molecule has 0 spiro atoms. The summed E-state index contributed by atoms with van der Waals surface area (Å²) in [4.78, 5) is 10.6. The Bertz CT molecular complexity index is 571. The fraction of sp³-hybridized carbons (Fsp3) is 0.375. The molecule has 1 heterocycles. The molecule has 6 nitrogen and oxygen atoms in total. The number of hydrogen-bond acceptors (Lipinski definition) is 6. The van der Waals surface area contributed by atoms with Crippen molar-refractivity contribution in [2.75, 3.05) is 44.9 Å². The Morgan fingerprint density at radius 2 is 1.73 bits per heavy atom. The summed E-state index contributed by atoms with van der Waals surface area (Å²) in [6.07, 6.45) is 1.56. The van der Waals surface area contributed by atoms with Crippen molar-refractivity contribution < 1.29 is 4.74 Å². The maximum atomic E-state index is 5.15. The highest BCUT2D eigenvalue weighted by molar-refractivity contribution is 5.46. The molecule has 6 heteroatoms. The third-order valence-corrected chi connectivity index (χ3v) is 3.16. The smallest absolute Gasteiger partial charge is 0.131 e. The summed E-state index contributed by atoms with van der Waals surface area (Å²) < 4.78 is 5.15. The third kappa shape index (κ3) is 5.21. The Labute approximate surface area is 131 Å². The van der Waals surface area contributed by atoms with Gasteiger partial charge in [0.2, 0.25) is 0 Å². The summed E-state index contributed by atoms with van der Waals surface area (Å²) in [5.74, 6) is 2.49. The van der Waals surface area contributed by atoms with E-state index in [0.29, 0.717) is 6.54 Å². The molecule has 0 unspecified atom stereocenters. The van der Waals surface area contributed by atoms with E-state index in [1.54, 1.807) is 13.4 Å². The first kappa shape index (κ1) is 16.0. The van der Waals surface area contributed by atoms with Crippen molar-refractivity contribution in [3.05, 3.63) is 42.2 Å². The zero-order valence-electron chi connectivity index (χ0n) is 13.3. The molecule has 2 aromatic rings. The number of methoxy groups -OCH3 is 1. The summed E-state index contributed by atoms with van der Waals surface area (Å²) in [5, 5.41) is 6.58. The van der Waals surface area contributed by atoms with Gasteiger partial charge in [-0.2, -0.15) is 0 Å². The Kier molecular flexibility index (Phi) is 5.97. The average Bonchev–Trinajstić information content (AvgIpc) is 2.53. The van der Waals surface area contributed by atoms with Crippen LogP contribution in [-0.2, 0) is 6.54 Å². The quantitative estimate of drug-likeness (QED) is 0.778. The minimum atomic E-state index is 0.706. The molecule has 0 aliphatic heterocycles. The van der Waals surface area contributed by atoms with Gasteiger partial charge in [-0.25, -0.2) is 9.97 Å². The van der Waals surface area contributed by atoms with E-state index >= 15 is 0 Å². The van der Waals surface area contributed by atoms with Crippen molar-refractivity contribution in [2.24, 2.45) is 0 Å².